The van der Waals surface area contributed by atoms with Gasteiger partial charge in [-0.2, -0.15) is 10.4 Å². The highest BCUT2D eigenvalue weighted by molar-refractivity contribution is 5.36. The number of rotatable bonds is 2. The van der Waals surface area contributed by atoms with Gasteiger partial charge in [-0.25, -0.2) is 4.98 Å². The van der Waals surface area contributed by atoms with Crippen molar-refractivity contribution in [2.24, 2.45) is 0 Å². The molecule has 0 aromatic carbocycles. The third kappa shape index (κ3) is 2.01. The Morgan fingerprint density at radius 3 is 3.00 bits per heavy atom. The molecule has 2 heterocycles. The van der Waals surface area contributed by atoms with E-state index in [0.29, 0.717) is 18.1 Å². The summed E-state index contributed by atoms with van der Waals surface area (Å²) in [7, 11) is 0. The summed E-state index contributed by atoms with van der Waals surface area (Å²) in [6, 6.07) is 5.60. The first kappa shape index (κ1) is 10.2. The van der Waals surface area contributed by atoms with Gasteiger partial charge in [0.25, 0.3) is 0 Å². The third-order valence-electron chi connectivity index (χ3n) is 2.27. The Labute approximate surface area is 93.1 Å². The molecule has 0 fully saturated rings. The van der Waals surface area contributed by atoms with Gasteiger partial charge in [0.1, 0.15) is 17.6 Å². The molecule has 0 bridgehead atoms. The quantitative estimate of drug-likeness (QED) is 0.809. The van der Waals surface area contributed by atoms with Crippen LogP contribution >= 0.6 is 0 Å². The summed E-state index contributed by atoms with van der Waals surface area (Å²) in [5.41, 5.74) is 8.00. The molecule has 2 rings (SSSR count). The number of hydrogen-bond donors (Lipinski definition) is 1. The Hall–Kier alpha value is -2.35. The average molecular weight is 213 g/mol. The minimum Gasteiger partial charge on any atom is -0.382 e. The lowest BCUT2D eigenvalue weighted by Crippen LogP contribution is -2.01. The van der Waals surface area contributed by atoms with E-state index in [-0.39, 0.29) is 0 Å². The summed E-state index contributed by atoms with van der Waals surface area (Å²) in [5.74, 6) is 0.537. The molecule has 0 unspecified atom stereocenters. The van der Waals surface area contributed by atoms with Crippen molar-refractivity contribution in [1.82, 2.24) is 14.8 Å². The first-order chi connectivity index (χ1) is 7.69. The normalized spacial score (nSPS) is 10.0. The van der Waals surface area contributed by atoms with E-state index in [2.05, 4.69) is 10.1 Å². The van der Waals surface area contributed by atoms with Crippen LogP contribution in [0.15, 0.2) is 24.5 Å². The zero-order chi connectivity index (χ0) is 11.5. The lowest BCUT2D eigenvalue weighted by atomic mass is 10.2. The summed E-state index contributed by atoms with van der Waals surface area (Å²) < 4.78 is 1.75. The first-order valence-corrected chi connectivity index (χ1v) is 4.83. The largest absolute Gasteiger partial charge is 0.382 e. The van der Waals surface area contributed by atoms with Crippen LogP contribution in [-0.4, -0.2) is 14.8 Å². The minimum absolute atomic E-state index is 0.411. The summed E-state index contributed by atoms with van der Waals surface area (Å²) in [6.07, 6.45) is 3.50. The van der Waals surface area contributed by atoms with E-state index in [0.717, 1.165) is 11.1 Å². The van der Waals surface area contributed by atoms with Gasteiger partial charge in [-0.1, -0.05) is 0 Å². The Morgan fingerprint density at radius 1 is 1.56 bits per heavy atom. The fraction of sp³-hybridized carbons (Fsp3) is 0.182. The van der Waals surface area contributed by atoms with Crippen molar-refractivity contribution < 1.29 is 0 Å². The topological polar surface area (TPSA) is 80.5 Å². The van der Waals surface area contributed by atoms with Crippen molar-refractivity contribution in [3.05, 3.63) is 41.3 Å². The molecule has 5 heteroatoms. The van der Waals surface area contributed by atoms with E-state index in [1.54, 1.807) is 16.9 Å². The van der Waals surface area contributed by atoms with E-state index < -0.39 is 0 Å². The van der Waals surface area contributed by atoms with Gasteiger partial charge in [0.2, 0.25) is 0 Å². The highest BCUT2D eigenvalue weighted by Crippen LogP contribution is 2.09. The summed E-state index contributed by atoms with van der Waals surface area (Å²) >= 11 is 0. The number of hydrogen-bond acceptors (Lipinski definition) is 4. The van der Waals surface area contributed by atoms with E-state index in [1.807, 2.05) is 25.3 Å². The van der Waals surface area contributed by atoms with Gasteiger partial charge < -0.3 is 5.73 Å². The number of nitrogens with zero attached hydrogens (tertiary/aromatic N) is 4. The summed E-state index contributed by atoms with van der Waals surface area (Å²) in [6.45, 7) is 2.50. The van der Waals surface area contributed by atoms with Crippen LogP contribution in [-0.2, 0) is 6.54 Å². The second-order valence-electron chi connectivity index (χ2n) is 3.56. The van der Waals surface area contributed by atoms with Crippen LogP contribution in [0.2, 0.25) is 0 Å². The van der Waals surface area contributed by atoms with Crippen molar-refractivity contribution in [1.29, 1.82) is 5.26 Å². The molecular weight excluding hydrogens is 202 g/mol. The molecule has 0 aliphatic heterocycles. The second kappa shape index (κ2) is 4.03. The monoisotopic (exact) mass is 213 g/mol. The van der Waals surface area contributed by atoms with Gasteiger partial charge in [-0.3, -0.25) is 4.68 Å². The number of anilines is 1. The average Bonchev–Trinajstić information content (AvgIpc) is 2.58. The van der Waals surface area contributed by atoms with Crippen LogP contribution in [0.5, 0.6) is 0 Å². The number of nitrogens with two attached hydrogens (primary N) is 1. The third-order valence-corrected chi connectivity index (χ3v) is 2.27. The van der Waals surface area contributed by atoms with Crippen LogP contribution in [0.1, 0.15) is 16.8 Å². The molecule has 0 aliphatic rings. The zero-order valence-corrected chi connectivity index (χ0v) is 8.88. The van der Waals surface area contributed by atoms with E-state index in [4.69, 9.17) is 11.0 Å². The molecular formula is C11H11N5. The summed E-state index contributed by atoms with van der Waals surface area (Å²) in [4.78, 5) is 3.91. The highest BCUT2D eigenvalue weighted by atomic mass is 15.3. The maximum atomic E-state index is 8.72. The molecule has 2 aromatic rings. The van der Waals surface area contributed by atoms with Crippen LogP contribution < -0.4 is 5.73 Å². The predicted octanol–water partition coefficient (Wildman–Crippen LogP) is 1.09. The van der Waals surface area contributed by atoms with Gasteiger partial charge in [-0.05, 0) is 24.6 Å². The van der Waals surface area contributed by atoms with Crippen LogP contribution in [0.3, 0.4) is 0 Å². The van der Waals surface area contributed by atoms with Crippen LogP contribution in [0, 0.1) is 18.3 Å². The Kier molecular flexibility index (Phi) is 2.56. The van der Waals surface area contributed by atoms with Crippen molar-refractivity contribution in [2.75, 3.05) is 5.73 Å². The predicted molar refractivity (Wildman–Crippen MR) is 59.4 cm³/mol. The van der Waals surface area contributed by atoms with Crippen molar-refractivity contribution in [3.8, 4) is 6.07 Å². The van der Waals surface area contributed by atoms with Gasteiger partial charge in [0, 0.05) is 18.0 Å². The number of aryl methyl sites for hydroxylation is 1. The van der Waals surface area contributed by atoms with Crippen LogP contribution in [0.4, 0.5) is 5.82 Å². The molecule has 0 spiro atoms. The molecule has 0 radical (unpaired) electrons. The molecule has 5 nitrogen and oxygen atoms in total. The molecule has 0 amide bonds. The number of aromatic nitrogens is 3. The molecule has 2 aromatic heterocycles. The molecule has 80 valence electrons. The number of nitriles is 1. The van der Waals surface area contributed by atoms with Crippen LogP contribution in [0.25, 0.3) is 0 Å². The Balaban J connectivity index is 2.24. The fourth-order valence-corrected chi connectivity index (χ4v) is 1.44. The summed E-state index contributed by atoms with van der Waals surface area (Å²) in [5, 5.41) is 12.9. The van der Waals surface area contributed by atoms with E-state index >= 15 is 0 Å². The van der Waals surface area contributed by atoms with Gasteiger partial charge in [-0.15, -0.1) is 0 Å². The maximum Gasteiger partial charge on any atom is 0.148 e. The van der Waals surface area contributed by atoms with Crippen molar-refractivity contribution >= 4 is 5.82 Å². The Bertz CT molecular complexity index is 530. The van der Waals surface area contributed by atoms with Gasteiger partial charge in [0.05, 0.1) is 6.54 Å². The molecule has 0 atom stereocenters. The first-order valence-electron chi connectivity index (χ1n) is 4.83. The standard InChI is InChI=1S/C11H11N5/c1-8-6-16(15-11(8)13)7-9-2-3-14-10(4-9)5-12/h2-4,6H,7H2,1H3,(H2,13,15). The smallest absolute Gasteiger partial charge is 0.148 e. The number of pyridine rings is 1. The molecule has 2 N–H and O–H groups in total. The fourth-order valence-electron chi connectivity index (χ4n) is 1.44. The highest BCUT2D eigenvalue weighted by Gasteiger charge is 2.02. The van der Waals surface area contributed by atoms with Gasteiger partial charge >= 0.3 is 0 Å². The molecule has 0 saturated carbocycles. The molecule has 0 aliphatic carbocycles. The molecule has 16 heavy (non-hydrogen) atoms. The molecule has 0 saturated heterocycles. The van der Waals surface area contributed by atoms with Crippen molar-refractivity contribution in [3.63, 3.8) is 0 Å². The SMILES string of the molecule is Cc1cn(Cc2ccnc(C#N)c2)nc1N. The second-order valence-corrected chi connectivity index (χ2v) is 3.56. The van der Waals surface area contributed by atoms with E-state index in [1.165, 1.54) is 0 Å². The maximum absolute atomic E-state index is 8.72. The van der Waals surface area contributed by atoms with Gasteiger partial charge in [0.15, 0.2) is 0 Å². The zero-order valence-electron chi connectivity index (χ0n) is 8.88. The Morgan fingerprint density at radius 2 is 2.38 bits per heavy atom. The van der Waals surface area contributed by atoms with E-state index in [9.17, 15) is 0 Å². The minimum atomic E-state index is 0.411. The van der Waals surface area contributed by atoms with Crippen molar-refractivity contribution in [2.45, 2.75) is 13.5 Å². The number of nitrogen functional groups attached to an aromatic ring is 1. The lowest BCUT2D eigenvalue weighted by molar-refractivity contribution is 0.688. The lowest BCUT2D eigenvalue weighted by Gasteiger charge is -2.01.